The van der Waals surface area contributed by atoms with Gasteiger partial charge in [-0.15, -0.1) is 0 Å². The molecule has 2 unspecified atom stereocenters. The fourth-order valence-electron chi connectivity index (χ4n) is 2.26. The van der Waals surface area contributed by atoms with Gasteiger partial charge in [0.2, 0.25) is 0 Å². The zero-order valence-electron chi connectivity index (χ0n) is 13.3. The minimum atomic E-state index is -0.452. The van der Waals surface area contributed by atoms with Crippen LogP contribution in [0.5, 0.6) is 5.75 Å². The summed E-state index contributed by atoms with van der Waals surface area (Å²) in [6.07, 6.45) is -0.212. The van der Waals surface area contributed by atoms with Gasteiger partial charge in [0.1, 0.15) is 11.8 Å². The molecule has 2 aromatic carbocycles. The van der Waals surface area contributed by atoms with E-state index in [1.165, 1.54) is 0 Å². The molecule has 0 saturated carbocycles. The molecule has 0 aliphatic rings. The molecule has 2 atom stereocenters. The summed E-state index contributed by atoms with van der Waals surface area (Å²) in [5.74, 6) is 0.687. The smallest absolute Gasteiger partial charge is 0.181 e. The standard InChI is InChI=1S/C19H22N2O2/c1-15(12-20)23-19-9-7-17(8-10-19)13-21-14-18(22)11-16-5-3-2-4-6-16/h2-10,15,18,21-22H,11,13-14H2,1H3. The summed E-state index contributed by atoms with van der Waals surface area (Å²) in [6, 6.07) is 19.6. The molecule has 0 aromatic heterocycles. The van der Waals surface area contributed by atoms with Crippen LogP contribution in [0.3, 0.4) is 0 Å². The first kappa shape index (κ1) is 17.0. The highest BCUT2D eigenvalue weighted by molar-refractivity contribution is 5.27. The summed E-state index contributed by atoms with van der Waals surface area (Å²) in [5, 5.41) is 22.0. The molecule has 2 aromatic rings. The van der Waals surface area contributed by atoms with Gasteiger partial charge in [-0.3, -0.25) is 0 Å². The molecule has 0 bridgehead atoms. The molecule has 0 aliphatic heterocycles. The molecule has 0 heterocycles. The Morgan fingerprint density at radius 1 is 1.09 bits per heavy atom. The maximum Gasteiger partial charge on any atom is 0.181 e. The Labute approximate surface area is 137 Å². The number of rotatable bonds is 8. The summed E-state index contributed by atoms with van der Waals surface area (Å²) in [6.45, 7) is 2.93. The van der Waals surface area contributed by atoms with Crippen molar-refractivity contribution in [2.45, 2.75) is 32.1 Å². The van der Waals surface area contributed by atoms with Gasteiger partial charge in [-0.1, -0.05) is 42.5 Å². The summed E-state index contributed by atoms with van der Waals surface area (Å²) < 4.78 is 5.41. The average Bonchev–Trinajstić information content (AvgIpc) is 2.57. The van der Waals surface area contributed by atoms with Crippen LogP contribution in [0.2, 0.25) is 0 Å². The second kappa shape index (κ2) is 8.94. The third-order valence-electron chi connectivity index (χ3n) is 3.44. The molecule has 2 rings (SSSR count). The molecule has 0 spiro atoms. The Bertz CT molecular complexity index is 620. The Morgan fingerprint density at radius 2 is 1.78 bits per heavy atom. The molecule has 0 aliphatic carbocycles. The fourth-order valence-corrected chi connectivity index (χ4v) is 2.26. The van der Waals surface area contributed by atoms with E-state index in [0.29, 0.717) is 25.3 Å². The monoisotopic (exact) mass is 310 g/mol. The highest BCUT2D eigenvalue weighted by atomic mass is 16.5. The topological polar surface area (TPSA) is 65.3 Å². The summed E-state index contributed by atoms with van der Waals surface area (Å²) in [5.41, 5.74) is 2.24. The Morgan fingerprint density at radius 3 is 2.43 bits per heavy atom. The lowest BCUT2D eigenvalue weighted by Crippen LogP contribution is -2.28. The quantitative estimate of drug-likeness (QED) is 0.787. The van der Waals surface area contributed by atoms with Gasteiger partial charge in [-0.2, -0.15) is 5.26 Å². The second-order valence-corrected chi connectivity index (χ2v) is 5.51. The summed E-state index contributed by atoms with van der Waals surface area (Å²) in [4.78, 5) is 0. The Balaban J connectivity index is 1.72. The van der Waals surface area contributed by atoms with Crippen LogP contribution in [0.15, 0.2) is 54.6 Å². The summed E-state index contributed by atoms with van der Waals surface area (Å²) in [7, 11) is 0. The lowest BCUT2D eigenvalue weighted by Gasteiger charge is -2.12. The highest BCUT2D eigenvalue weighted by Gasteiger charge is 2.05. The van der Waals surface area contributed by atoms with Crippen molar-refractivity contribution in [3.63, 3.8) is 0 Å². The van der Waals surface area contributed by atoms with Crippen LogP contribution in [0.25, 0.3) is 0 Å². The molecule has 4 nitrogen and oxygen atoms in total. The van der Waals surface area contributed by atoms with Crippen molar-refractivity contribution in [1.82, 2.24) is 5.32 Å². The van der Waals surface area contributed by atoms with Crippen molar-refractivity contribution in [3.05, 3.63) is 65.7 Å². The average molecular weight is 310 g/mol. The predicted octanol–water partition coefficient (Wildman–Crippen LogP) is 2.67. The molecule has 0 amide bonds. The van der Waals surface area contributed by atoms with Crippen LogP contribution in [-0.4, -0.2) is 23.9 Å². The highest BCUT2D eigenvalue weighted by Crippen LogP contribution is 2.13. The van der Waals surface area contributed by atoms with E-state index in [9.17, 15) is 5.11 Å². The van der Waals surface area contributed by atoms with Gasteiger partial charge in [-0.25, -0.2) is 0 Å². The van der Waals surface area contributed by atoms with Crippen LogP contribution in [0.1, 0.15) is 18.1 Å². The molecule has 23 heavy (non-hydrogen) atoms. The second-order valence-electron chi connectivity index (χ2n) is 5.51. The normalized spacial score (nSPS) is 13.1. The van der Waals surface area contributed by atoms with Crippen LogP contribution in [-0.2, 0) is 13.0 Å². The fraction of sp³-hybridized carbons (Fsp3) is 0.316. The van der Waals surface area contributed by atoms with Crippen molar-refractivity contribution in [2.75, 3.05) is 6.54 Å². The molecule has 0 fully saturated rings. The van der Waals surface area contributed by atoms with Gasteiger partial charge >= 0.3 is 0 Å². The van der Waals surface area contributed by atoms with Gasteiger partial charge in [0, 0.05) is 13.1 Å². The van der Waals surface area contributed by atoms with Crippen LogP contribution < -0.4 is 10.1 Å². The number of aliphatic hydroxyl groups is 1. The first-order valence-corrected chi connectivity index (χ1v) is 7.75. The number of benzene rings is 2. The number of aliphatic hydroxyl groups excluding tert-OH is 1. The van der Waals surface area contributed by atoms with E-state index < -0.39 is 12.2 Å². The molecule has 0 saturated heterocycles. The number of hydrogen-bond acceptors (Lipinski definition) is 4. The largest absolute Gasteiger partial charge is 0.476 e. The first-order chi connectivity index (χ1) is 11.2. The SMILES string of the molecule is CC(C#N)Oc1ccc(CNCC(O)Cc2ccccc2)cc1. The first-order valence-electron chi connectivity index (χ1n) is 7.75. The Hall–Kier alpha value is -2.35. The number of nitriles is 1. The number of hydrogen-bond donors (Lipinski definition) is 2. The third kappa shape index (κ3) is 6.11. The van der Waals surface area contributed by atoms with Gasteiger partial charge in [-0.05, 0) is 36.6 Å². The number of nitrogens with one attached hydrogen (secondary N) is 1. The van der Waals surface area contributed by atoms with E-state index >= 15 is 0 Å². The van der Waals surface area contributed by atoms with E-state index in [1.54, 1.807) is 6.92 Å². The van der Waals surface area contributed by atoms with Crippen molar-refractivity contribution >= 4 is 0 Å². The molecule has 120 valence electrons. The minimum Gasteiger partial charge on any atom is -0.476 e. The van der Waals surface area contributed by atoms with Crippen molar-refractivity contribution in [1.29, 1.82) is 5.26 Å². The van der Waals surface area contributed by atoms with Crippen LogP contribution >= 0.6 is 0 Å². The van der Waals surface area contributed by atoms with Gasteiger partial charge in [0.05, 0.1) is 6.10 Å². The Kier molecular flexibility index (Phi) is 6.61. The lowest BCUT2D eigenvalue weighted by molar-refractivity contribution is 0.171. The minimum absolute atomic E-state index is 0.406. The van der Waals surface area contributed by atoms with Gasteiger partial charge in [0.25, 0.3) is 0 Å². The molecular weight excluding hydrogens is 288 g/mol. The zero-order valence-corrected chi connectivity index (χ0v) is 13.3. The van der Waals surface area contributed by atoms with Crippen LogP contribution in [0.4, 0.5) is 0 Å². The van der Waals surface area contributed by atoms with Crippen molar-refractivity contribution < 1.29 is 9.84 Å². The number of nitrogens with zero attached hydrogens (tertiary/aromatic N) is 1. The van der Waals surface area contributed by atoms with Crippen molar-refractivity contribution in [3.8, 4) is 11.8 Å². The van der Waals surface area contributed by atoms with E-state index in [2.05, 4.69) is 5.32 Å². The molecule has 2 N–H and O–H groups in total. The predicted molar refractivity (Wildman–Crippen MR) is 90.0 cm³/mol. The van der Waals surface area contributed by atoms with Crippen molar-refractivity contribution in [2.24, 2.45) is 0 Å². The molecular formula is C19H22N2O2. The van der Waals surface area contributed by atoms with E-state index in [4.69, 9.17) is 10.00 Å². The molecule has 4 heteroatoms. The molecule has 0 radical (unpaired) electrons. The maximum atomic E-state index is 10.0. The number of ether oxygens (including phenoxy) is 1. The summed E-state index contributed by atoms with van der Waals surface area (Å²) >= 11 is 0. The lowest BCUT2D eigenvalue weighted by atomic mass is 10.1. The third-order valence-corrected chi connectivity index (χ3v) is 3.44. The zero-order chi connectivity index (χ0) is 16.5. The van der Waals surface area contributed by atoms with E-state index in [0.717, 1.165) is 11.1 Å². The van der Waals surface area contributed by atoms with Gasteiger partial charge < -0.3 is 15.2 Å². The van der Waals surface area contributed by atoms with E-state index in [-0.39, 0.29) is 0 Å². The maximum absolute atomic E-state index is 10.0. The van der Waals surface area contributed by atoms with E-state index in [1.807, 2.05) is 60.7 Å². The van der Waals surface area contributed by atoms with Crippen LogP contribution in [0, 0.1) is 11.3 Å². The van der Waals surface area contributed by atoms with Gasteiger partial charge in [0.15, 0.2) is 6.10 Å².